The Balaban J connectivity index is 1.23. The van der Waals surface area contributed by atoms with Crippen molar-refractivity contribution >= 4 is 42.0 Å². The van der Waals surface area contributed by atoms with Crippen molar-refractivity contribution in [2.75, 3.05) is 26.7 Å². The number of rotatable bonds is 12. The largest absolute Gasteiger partial charge is 0.359 e. The summed E-state index contributed by atoms with van der Waals surface area (Å²) in [6.45, 7) is 1.23. The first-order chi connectivity index (χ1) is 22.3. The molecule has 2 aliphatic heterocycles. The van der Waals surface area contributed by atoms with Crippen LogP contribution in [0.25, 0.3) is 0 Å². The quantitative estimate of drug-likeness (QED) is 0.185. The Kier molecular flexibility index (Phi) is 11.2. The first-order valence-electron chi connectivity index (χ1n) is 16.1. The van der Waals surface area contributed by atoms with Gasteiger partial charge >= 0.3 is 0 Å². The van der Waals surface area contributed by atoms with E-state index in [4.69, 9.17) is 0 Å². The molecule has 46 heavy (non-hydrogen) atoms. The van der Waals surface area contributed by atoms with Gasteiger partial charge in [-0.2, -0.15) is 12.6 Å². The summed E-state index contributed by atoms with van der Waals surface area (Å²) < 4.78 is 0. The van der Waals surface area contributed by atoms with E-state index in [1.165, 1.54) is 4.90 Å². The van der Waals surface area contributed by atoms with Crippen molar-refractivity contribution in [3.63, 3.8) is 0 Å². The molecule has 3 unspecified atom stereocenters. The molecular formula is C36H42N4O5S. The number of carbonyl (C=O) groups excluding carboxylic acids is 5. The zero-order chi connectivity index (χ0) is 32.6. The molecule has 5 rings (SSSR count). The predicted molar refractivity (Wildman–Crippen MR) is 179 cm³/mol. The SMILES string of the molecule is CNC(=O)[C@H](Cc1ccccc1)C1CCN(C2C=CC=CC2)C[C@H](NC(=O)C(S)CCCCN2C(=O)c3ccccc3C2=O)C1=O. The molecule has 1 fully saturated rings. The number of likely N-dealkylation sites (tertiary alicyclic amines) is 1. The van der Waals surface area contributed by atoms with Crippen LogP contribution in [0.15, 0.2) is 78.9 Å². The van der Waals surface area contributed by atoms with Crippen LogP contribution in [0.2, 0.25) is 0 Å². The molecule has 9 nitrogen and oxygen atoms in total. The average molecular weight is 643 g/mol. The third-order valence-corrected chi connectivity index (χ3v) is 9.75. The normalized spacial score (nSPS) is 22.7. The highest BCUT2D eigenvalue weighted by Crippen LogP contribution is 2.29. The van der Waals surface area contributed by atoms with Crippen LogP contribution in [0.1, 0.15) is 58.4 Å². The summed E-state index contributed by atoms with van der Waals surface area (Å²) in [4.78, 5) is 69.6. The Morgan fingerprint density at radius 1 is 0.935 bits per heavy atom. The number of nitrogens with zero attached hydrogens (tertiary/aromatic N) is 2. The van der Waals surface area contributed by atoms with Gasteiger partial charge in [0.15, 0.2) is 5.78 Å². The lowest BCUT2D eigenvalue weighted by Crippen LogP contribution is -2.52. The molecule has 1 saturated heterocycles. The zero-order valence-corrected chi connectivity index (χ0v) is 27.0. The topological polar surface area (TPSA) is 116 Å². The van der Waals surface area contributed by atoms with Crippen molar-refractivity contribution in [1.82, 2.24) is 20.4 Å². The first-order valence-corrected chi connectivity index (χ1v) is 16.6. The smallest absolute Gasteiger partial charge is 0.261 e. The summed E-state index contributed by atoms with van der Waals surface area (Å²) in [6.07, 6.45) is 11.5. The van der Waals surface area contributed by atoms with Gasteiger partial charge in [0.1, 0.15) is 6.04 Å². The third-order valence-electron chi connectivity index (χ3n) is 9.25. The fourth-order valence-electron chi connectivity index (χ4n) is 6.70. The molecular weight excluding hydrogens is 600 g/mol. The molecule has 2 N–H and O–H groups in total. The minimum atomic E-state index is -0.796. The minimum absolute atomic E-state index is 0.0949. The number of hydrogen-bond acceptors (Lipinski definition) is 7. The van der Waals surface area contributed by atoms with E-state index >= 15 is 0 Å². The van der Waals surface area contributed by atoms with E-state index in [9.17, 15) is 24.0 Å². The van der Waals surface area contributed by atoms with Gasteiger partial charge in [-0.1, -0.05) is 73.2 Å². The van der Waals surface area contributed by atoms with E-state index in [0.29, 0.717) is 56.3 Å². The second-order valence-corrected chi connectivity index (χ2v) is 12.8. The summed E-state index contributed by atoms with van der Waals surface area (Å²) in [7, 11) is 1.59. The molecule has 0 saturated carbocycles. The van der Waals surface area contributed by atoms with Crippen molar-refractivity contribution in [2.45, 2.75) is 55.9 Å². The molecule has 2 aromatic carbocycles. The van der Waals surface area contributed by atoms with Crippen LogP contribution in [-0.4, -0.2) is 83.2 Å². The van der Waals surface area contributed by atoms with Gasteiger partial charge in [0.2, 0.25) is 11.8 Å². The van der Waals surface area contributed by atoms with Gasteiger partial charge in [-0.3, -0.25) is 33.8 Å². The molecule has 3 aliphatic rings. The molecule has 0 bridgehead atoms. The Morgan fingerprint density at radius 3 is 2.28 bits per heavy atom. The van der Waals surface area contributed by atoms with Crippen molar-refractivity contribution < 1.29 is 24.0 Å². The van der Waals surface area contributed by atoms with Gasteiger partial charge in [0.25, 0.3) is 11.8 Å². The van der Waals surface area contributed by atoms with E-state index in [0.717, 1.165) is 12.0 Å². The van der Waals surface area contributed by atoms with Crippen LogP contribution >= 0.6 is 12.6 Å². The number of hydrogen-bond donors (Lipinski definition) is 3. The summed E-state index contributed by atoms with van der Waals surface area (Å²) in [5.74, 6) is -2.41. The Labute approximate surface area is 275 Å². The maximum Gasteiger partial charge on any atom is 0.261 e. The van der Waals surface area contributed by atoms with Gasteiger partial charge in [-0.25, -0.2) is 0 Å². The van der Waals surface area contributed by atoms with E-state index < -0.39 is 23.1 Å². The molecule has 5 atom stereocenters. The van der Waals surface area contributed by atoms with Gasteiger partial charge in [0, 0.05) is 32.1 Å². The lowest BCUT2D eigenvalue weighted by Gasteiger charge is -2.31. The monoisotopic (exact) mass is 642 g/mol. The number of thiol groups is 1. The van der Waals surface area contributed by atoms with Crippen LogP contribution < -0.4 is 10.6 Å². The Hall–Kier alpha value is -4.02. The summed E-state index contributed by atoms with van der Waals surface area (Å²) in [5.41, 5.74) is 1.81. The summed E-state index contributed by atoms with van der Waals surface area (Å²) in [5, 5.41) is 5.07. The predicted octanol–water partition coefficient (Wildman–Crippen LogP) is 3.62. The van der Waals surface area contributed by atoms with Crippen molar-refractivity contribution in [1.29, 1.82) is 0 Å². The maximum atomic E-state index is 14.2. The second kappa shape index (κ2) is 15.5. The third kappa shape index (κ3) is 7.67. The molecule has 0 spiro atoms. The molecule has 2 heterocycles. The van der Waals surface area contributed by atoms with E-state index in [1.807, 2.05) is 42.5 Å². The molecule has 1 aliphatic carbocycles. The van der Waals surface area contributed by atoms with Crippen LogP contribution in [0.4, 0.5) is 0 Å². The van der Waals surface area contributed by atoms with E-state index in [2.05, 4.69) is 40.3 Å². The van der Waals surface area contributed by atoms with Crippen molar-refractivity contribution in [3.8, 4) is 0 Å². The van der Waals surface area contributed by atoms with Crippen LogP contribution in [-0.2, 0) is 20.8 Å². The Bertz CT molecular complexity index is 1470. The molecule has 242 valence electrons. The van der Waals surface area contributed by atoms with E-state index in [-0.39, 0.29) is 42.0 Å². The number of Topliss-reactive ketones (excluding diaryl/α,β-unsaturated/α-hetero) is 1. The molecule has 0 radical (unpaired) electrons. The summed E-state index contributed by atoms with van der Waals surface area (Å²) >= 11 is 4.57. The lowest BCUT2D eigenvalue weighted by atomic mass is 9.79. The van der Waals surface area contributed by atoms with Gasteiger partial charge < -0.3 is 10.6 Å². The number of allylic oxidation sites excluding steroid dienone is 2. The zero-order valence-electron chi connectivity index (χ0n) is 26.1. The molecule has 2 aromatic rings. The number of benzene rings is 2. The standard InChI is InChI=1S/C36H42N4O5S/c1-37-33(42)29(22-24-12-4-2-5-13-24)26-19-21-39(25-14-6-3-7-15-25)23-30(32(26)41)38-34(43)31(46)18-10-11-20-40-35(44)27-16-8-9-17-28(27)36(40)45/h2-9,12-14,16-17,25-26,29-31,46H,10-11,15,18-23H2,1H3,(H,37,42)(H,38,43)/t25?,26?,29-,30+,31?/m1/s1. The molecule has 10 heteroatoms. The van der Waals surface area contributed by atoms with Crippen LogP contribution in [0.3, 0.4) is 0 Å². The fourth-order valence-corrected chi connectivity index (χ4v) is 6.95. The maximum absolute atomic E-state index is 14.2. The first kappa shape index (κ1) is 33.3. The highest BCUT2D eigenvalue weighted by molar-refractivity contribution is 7.81. The lowest BCUT2D eigenvalue weighted by molar-refractivity contribution is -0.135. The van der Waals surface area contributed by atoms with Crippen molar-refractivity contribution in [2.24, 2.45) is 11.8 Å². The highest BCUT2D eigenvalue weighted by Gasteiger charge is 2.41. The number of carbonyl (C=O) groups is 5. The number of unbranched alkanes of at least 4 members (excludes halogenated alkanes) is 1. The second-order valence-electron chi connectivity index (χ2n) is 12.2. The Morgan fingerprint density at radius 2 is 1.63 bits per heavy atom. The van der Waals surface area contributed by atoms with Gasteiger partial charge in [-0.15, -0.1) is 0 Å². The number of imide groups is 1. The number of ketones is 1. The number of amides is 4. The average Bonchev–Trinajstić information content (AvgIpc) is 3.21. The van der Waals surface area contributed by atoms with Gasteiger partial charge in [-0.05, 0) is 56.3 Å². The van der Waals surface area contributed by atoms with E-state index in [1.54, 1.807) is 31.3 Å². The number of nitrogens with one attached hydrogen (secondary N) is 2. The van der Waals surface area contributed by atoms with Gasteiger partial charge in [0.05, 0.1) is 22.3 Å². The minimum Gasteiger partial charge on any atom is -0.359 e. The number of fused-ring (bicyclic) bond motifs is 1. The van der Waals surface area contributed by atoms with Crippen LogP contribution in [0.5, 0.6) is 0 Å². The fraction of sp³-hybridized carbons (Fsp3) is 0.417. The molecule has 4 amide bonds. The van der Waals surface area contributed by atoms with Crippen molar-refractivity contribution in [3.05, 3.63) is 95.6 Å². The highest BCUT2D eigenvalue weighted by atomic mass is 32.1. The summed E-state index contributed by atoms with van der Waals surface area (Å²) in [6, 6.07) is 15.8. The molecule has 0 aromatic heterocycles. The van der Waals surface area contributed by atoms with Crippen LogP contribution in [0, 0.1) is 11.8 Å².